The average Bonchev–Trinajstić information content (AvgIpc) is 2.29. The van der Waals surface area contributed by atoms with E-state index >= 15 is 0 Å². The lowest BCUT2D eigenvalue weighted by molar-refractivity contribution is -0.0328. The molecule has 0 aliphatic carbocycles. The van der Waals surface area contributed by atoms with Crippen LogP contribution in [-0.4, -0.2) is 18.1 Å². The third kappa shape index (κ3) is 4.33. The molecule has 0 aliphatic heterocycles. The van der Waals surface area contributed by atoms with Crippen LogP contribution in [0.5, 0.6) is 0 Å². The van der Waals surface area contributed by atoms with Crippen LogP contribution in [-0.2, 0) is 4.74 Å². The maximum absolute atomic E-state index is 12.4. The molecule has 0 aliphatic rings. The van der Waals surface area contributed by atoms with Gasteiger partial charge in [0.15, 0.2) is 0 Å². The summed E-state index contributed by atoms with van der Waals surface area (Å²) in [6.45, 7) is 1.55. The molecule has 0 saturated carbocycles. The number of halogens is 4. The van der Waals surface area contributed by atoms with Gasteiger partial charge in [-0.1, -0.05) is 11.6 Å². The highest BCUT2D eigenvalue weighted by Crippen LogP contribution is 2.40. The first-order valence-corrected chi connectivity index (χ1v) is 6.14. The quantitative estimate of drug-likeness (QED) is 0.625. The average molecular weight is 310 g/mol. The van der Waals surface area contributed by atoms with Crippen molar-refractivity contribution in [1.29, 1.82) is 5.26 Å². The van der Waals surface area contributed by atoms with Crippen LogP contribution in [0.25, 0.3) is 0 Å². The van der Waals surface area contributed by atoms with Crippen molar-refractivity contribution in [3.05, 3.63) is 28.3 Å². The first-order chi connectivity index (χ1) is 8.78. The molecule has 8 heteroatoms. The molecule has 0 fully saturated rings. The fourth-order valence-electron chi connectivity index (χ4n) is 1.22. The highest BCUT2D eigenvalue weighted by molar-refractivity contribution is 8.00. The third-order valence-corrected chi connectivity index (χ3v) is 3.01. The van der Waals surface area contributed by atoms with E-state index < -0.39 is 28.1 Å². The second-order valence-electron chi connectivity index (χ2n) is 3.21. The summed E-state index contributed by atoms with van der Waals surface area (Å²) >= 11 is 5.21. The van der Waals surface area contributed by atoms with Gasteiger partial charge in [-0.2, -0.15) is 18.4 Å². The van der Waals surface area contributed by atoms with Gasteiger partial charge in [0.2, 0.25) is 0 Å². The number of carbonyl (C=O) groups is 1. The SMILES string of the molecule is CCOC(=O)c1cc(Cl)c(C#N)cc1SC(F)(F)F. The molecule has 0 saturated heterocycles. The molecule has 1 aromatic carbocycles. The molecule has 0 N–H and O–H groups in total. The lowest BCUT2D eigenvalue weighted by atomic mass is 10.1. The minimum atomic E-state index is -4.58. The van der Waals surface area contributed by atoms with Gasteiger partial charge in [0, 0.05) is 4.90 Å². The molecule has 0 radical (unpaired) electrons. The summed E-state index contributed by atoms with van der Waals surface area (Å²) in [7, 11) is 0. The summed E-state index contributed by atoms with van der Waals surface area (Å²) in [5.74, 6) is -0.916. The second-order valence-corrected chi connectivity index (χ2v) is 4.72. The Kier molecular flexibility index (Phi) is 5.09. The Labute approximate surface area is 116 Å². The van der Waals surface area contributed by atoms with Crippen LogP contribution in [0.3, 0.4) is 0 Å². The molecule has 1 rings (SSSR count). The van der Waals surface area contributed by atoms with E-state index in [9.17, 15) is 18.0 Å². The lowest BCUT2D eigenvalue weighted by Gasteiger charge is -2.11. The number of nitrogens with zero attached hydrogens (tertiary/aromatic N) is 1. The van der Waals surface area contributed by atoms with E-state index in [0.29, 0.717) is 0 Å². The highest BCUT2D eigenvalue weighted by atomic mass is 35.5. The van der Waals surface area contributed by atoms with E-state index in [4.69, 9.17) is 16.9 Å². The molecule has 0 aromatic heterocycles. The molecule has 3 nitrogen and oxygen atoms in total. The third-order valence-electron chi connectivity index (χ3n) is 1.91. The summed E-state index contributed by atoms with van der Waals surface area (Å²) in [5.41, 5.74) is -5.03. The van der Waals surface area contributed by atoms with Crippen LogP contribution in [0.2, 0.25) is 5.02 Å². The van der Waals surface area contributed by atoms with E-state index in [1.165, 1.54) is 6.92 Å². The van der Waals surface area contributed by atoms with Crippen LogP contribution >= 0.6 is 23.4 Å². The van der Waals surface area contributed by atoms with Crippen molar-refractivity contribution in [2.45, 2.75) is 17.3 Å². The zero-order valence-corrected chi connectivity index (χ0v) is 11.1. The van der Waals surface area contributed by atoms with Crippen molar-refractivity contribution in [3.8, 4) is 6.07 Å². The van der Waals surface area contributed by atoms with Gasteiger partial charge >= 0.3 is 11.5 Å². The zero-order chi connectivity index (χ0) is 14.6. The summed E-state index contributed by atoms with van der Waals surface area (Å²) in [6, 6.07) is 3.58. The number of hydrogen-bond donors (Lipinski definition) is 0. The fourth-order valence-corrected chi connectivity index (χ4v) is 2.10. The smallest absolute Gasteiger partial charge is 0.446 e. The van der Waals surface area contributed by atoms with Crippen LogP contribution < -0.4 is 0 Å². The van der Waals surface area contributed by atoms with Gasteiger partial charge < -0.3 is 4.74 Å². The minimum Gasteiger partial charge on any atom is -0.462 e. The fraction of sp³-hybridized carbons (Fsp3) is 0.273. The summed E-state index contributed by atoms with van der Waals surface area (Å²) < 4.78 is 41.9. The van der Waals surface area contributed by atoms with E-state index in [-0.39, 0.29) is 22.8 Å². The predicted octanol–water partition coefficient (Wildman–Crippen LogP) is 4.00. The van der Waals surface area contributed by atoms with E-state index in [1.807, 2.05) is 0 Å². The number of thioether (sulfide) groups is 1. The molecule has 0 atom stereocenters. The summed E-state index contributed by atoms with van der Waals surface area (Å²) in [6.07, 6.45) is 0. The van der Waals surface area contributed by atoms with Crippen LogP contribution in [0.1, 0.15) is 22.8 Å². The Morgan fingerprint density at radius 3 is 2.63 bits per heavy atom. The van der Waals surface area contributed by atoms with Gasteiger partial charge in [0.05, 0.1) is 22.8 Å². The number of nitriles is 1. The first-order valence-electron chi connectivity index (χ1n) is 4.95. The van der Waals surface area contributed by atoms with Crippen LogP contribution in [0.4, 0.5) is 13.2 Å². The molecular formula is C11H7ClF3NO2S. The minimum absolute atomic E-state index is 0.0204. The van der Waals surface area contributed by atoms with Crippen molar-refractivity contribution in [1.82, 2.24) is 0 Å². The van der Waals surface area contributed by atoms with E-state index in [1.54, 1.807) is 6.07 Å². The van der Waals surface area contributed by atoms with Crippen molar-refractivity contribution in [2.75, 3.05) is 6.61 Å². The highest BCUT2D eigenvalue weighted by Gasteiger charge is 2.32. The monoisotopic (exact) mass is 309 g/mol. The maximum atomic E-state index is 12.4. The number of alkyl halides is 3. The molecule has 102 valence electrons. The first kappa shape index (κ1) is 15.7. The van der Waals surface area contributed by atoms with E-state index in [2.05, 4.69) is 4.74 Å². The van der Waals surface area contributed by atoms with Gasteiger partial charge in [-0.25, -0.2) is 4.79 Å². The normalized spacial score (nSPS) is 10.9. The number of carbonyl (C=O) groups excluding carboxylic acids is 1. The van der Waals surface area contributed by atoms with Crippen molar-refractivity contribution in [2.24, 2.45) is 0 Å². The molecule has 1 aromatic rings. The molecule has 19 heavy (non-hydrogen) atoms. The van der Waals surface area contributed by atoms with Gasteiger partial charge in [-0.15, -0.1) is 0 Å². The number of ether oxygens (including phenoxy) is 1. The predicted molar refractivity (Wildman–Crippen MR) is 64.0 cm³/mol. The number of esters is 1. The largest absolute Gasteiger partial charge is 0.462 e. The Morgan fingerprint density at radius 1 is 1.53 bits per heavy atom. The van der Waals surface area contributed by atoms with Gasteiger partial charge in [-0.3, -0.25) is 0 Å². The number of benzene rings is 1. The molecular weight excluding hydrogens is 303 g/mol. The molecule has 0 unspecified atom stereocenters. The van der Waals surface area contributed by atoms with Gasteiger partial charge in [-0.05, 0) is 30.8 Å². The standard InChI is InChI=1S/C11H7ClF3NO2S/c1-2-18-10(17)7-4-8(12)6(5-16)3-9(7)19-11(13,14)15/h3-4H,2H2,1H3. The molecule has 0 bridgehead atoms. The van der Waals surface area contributed by atoms with Crippen molar-refractivity contribution in [3.63, 3.8) is 0 Å². The number of hydrogen-bond acceptors (Lipinski definition) is 4. The Hall–Kier alpha value is -1.39. The Bertz CT molecular complexity index is 540. The Morgan fingerprint density at radius 2 is 2.16 bits per heavy atom. The van der Waals surface area contributed by atoms with E-state index in [0.717, 1.165) is 12.1 Å². The Balaban J connectivity index is 3.31. The second kappa shape index (κ2) is 6.17. The maximum Gasteiger partial charge on any atom is 0.446 e. The zero-order valence-electron chi connectivity index (χ0n) is 9.55. The van der Waals surface area contributed by atoms with Gasteiger partial charge in [0.1, 0.15) is 6.07 Å². The van der Waals surface area contributed by atoms with Gasteiger partial charge in [0.25, 0.3) is 0 Å². The van der Waals surface area contributed by atoms with Crippen LogP contribution in [0.15, 0.2) is 17.0 Å². The van der Waals surface area contributed by atoms with Crippen molar-refractivity contribution >= 4 is 29.3 Å². The van der Waals surface area contributed by atoms with Crippen LogP contribution in [0, 0.1) is 11.3 Å². The number of rotatable bonds is 3. The molecule has 0 amide bonds. The molecule has 0 spiro atoms. The summed E-state index contributed by atoms with van der Waals surface area (Å²) in [5, 5.41) is 8.63. The summed E-state index contributed by atoms with van der Waals surface area (Å²) in [4.78, 5) is 11.1. The molecule has 0 heterocycles. The van der Waals surface area contributed by atoms with Crippen molar-refractivity contribution < 1.29 is 22.7 Å². The topological polar surface area (TPSA) is 50.1 Å². The lowest BCUT2D eigenvalue weighted by Crippen LogP contribution is -2.09.